The van der Waals surface area contributed by atoms with Crippen molar-refractivity contribution < 1.29 is 0 Å². The van der Waals surface area contributed by atoms with Crippen LogP contribution in [0.1, 0.15) is 24.5 Å². The van der Waals surface area contributed by atoms with Crippen molar-refractivity contribution in [3.63, 3.8) is 0 Å². The third kappa shape index (κ3) is 1.64. The summed E-state index contributed by atoms with van der Waals surface area (Å²) < 4.78 is 2.07. The molecule has 11 heavy (non-hydrogen) atoms. The molecule has 1 heterocycles. The first-order valence-electron chi connectivity index (χ1n) is 3.59. The van der Waals surface area contributed by atoms with Crippen molar-refractivity contribution in [1.29, 1.82) is 0 Å². The lowest BCUT2D eigenvalue weighted by Crippen LogP contribution is -1.87. The van der Waals surface area contributed by atoms with Crippen LogP contribution in [0.15, 0.2) is 21.2 Å². The Labute approximate surface area is 82.5 Å². The summed E-state index contributed by atoms with van der Waals surface area (Å²) in [6, 6.07) is 4.00. The van der Waals surface area contributed by atoms with Gasteiger partial charge in [-0.15, -0.1) is 0 Å². The molecular weight excluding hydrogens is 270 g/mol. The summed E-state index contributed by atoms with van der Waals surface area (Å²) in [5.74, 6) is 0.710. The molecule has 0 atom stereocenters. The van der Waals surface area contributed by atoms with Gasteiger partial charge in [0.25, 0.3) is 0 Å². The molecule has 1 aliphatic carbocycles. The van der Waals surface area contributed by atoms with E-state index in [1.54, 1.807) is 0 Å². The molecule has 58 valence electrons. The highest BCUT2D eigenvalue weighted by Crippen LogP contribution is 2.42. The Hall–Kier alpha value is 0.110. The predicted octanol–water partition coefficient (Wildman–Crippen LogP) is 3.48. The van der Waals surface area contributed by atoms with Crippen LogP contribution < -0.4 is 0 Å². The van der Waals surface area contributed by atoms with Gasteiger partial charge in [-0.2, -0.15) is 0 Å². The summed E-state index contributed by atoms with van der Waals surface area (Å²) in [5, 5.41) is 0. The fourth-order valence-corrected chi connectivity index (χ4v) is 1.94. The zero-order chi connectivity index (χ0) is 7.84. The average Bonchev–Trinajstić information content (AvgIpc) is 2.76. The van der Waals surface area contributed by atoms with Crippen LogP contribution in [0.2, 0.25) is 0 Å². The van der Waals surface area contributed by atoms with Gasteiger partial charge in [0.2, 0.25) is 0 Å². The quantitative estimate of drug-likeness (QED) is 0.716. The highest BCUT2D eigenvalue weighted by Gasteiger charge is 2.26. The lowest BCUT2D eigenvalue weighted by Gasteiger charge is -2.00. The van der Waals surface area contributed by atoms with Gasteiger partial charge in [-0.25, -0.2) is 4.98 Å². The lowest BCUT2D eigenvalue weighted by molar-refractivity contribution is 0.996. The Morgan fingerprint density at radius 1 is 1.27 bits per heavy atom. The van der Waals surface area contributed by atoms with Crippen molar-refractivity contribution in [2.75, 3.05) is 0 Å². The SMILES string of the molecule is Brc1ccc(Br)c(C2CC2)n1. The van der Waals surface area contributed by atoms with E-state index in [4.69, 9.17) is 0 Å². The predicted molar refractivity (Wildman–Crippen MR) is 51.6 cm³/mol. The van der Waals surface area contributed by atoms with E-state index in [0.29, 0.717) is 5.92 Å². The summed E-state index contributed by atoms with van der Waals surface area (Å²) in [6.45, 7) is 0. The maximum absolute atomic E-state index is 4.40. The van der Waals surface area contributed by atoms with Crippen LogP contribution in [0, 0.1) is 0 Å². The van der Waals surface area contributed by atoms with Crippen LogP contribution in [0.25, 0.3) is 0 Å². The smallest absolute Gasteiger partial charge is 0.106 e. The average molecular weight is 277 g/mol. The Bertz CT molecular complexity index is 281. The van der Waals surface area contributed by atoms with Gasteiger partial charge >= 0.3 is 0 Å². The molecule has 0 amide bonds. The summed E-state index contributed by atoms with van der Waals surface area (Å²) in [7, 11) is 0. The zero-order valence-corrected chi connectivity index (χ0v) is 9.02. The molecule has 0 unspecified atom stereocenters. The van der Waals surface area contributed by atoms with Gasteiger partial charge in [0.1, 0.15) is 4.60 Å². The van der Waals surface area contributed by atoms with E-state index in [9.17, 15) is 0 Å². The van der Waals surface area contributed by atoms with Gasteiger partial charge in [0.05, 0.1) is 5.69 Å². The van der Waals surface area contributed by atoms with Gasteiger partial charge in [0.15, 0.2) is 0 Å². The van der Waals surface area contributed by atoms with Crippen LogP contribution in [0.5, 0.6) is 0 Å². The van der Waals surface area contributed by atoms with E-state index in [1.807, 2.05) is 12.1 Å². The van der Waals surface area contributed by atoms with Crippen molar-refractivity contribution in [3.8, 4) is 0 Å². The third-order valence-corrected chi connectivity index (χ3v) is 2.92. The van der Waals surface area contributed by atoms with Crippen LogP contribution in [-0.4, -0.2) is 4.98 Å². The maximum atomic E-state index is 4.40. The van der Waals surface area contributed by atoms with E-state index < -0.39 is 0 Å². The fourth-order valence-electron chi connectivity index (χ4n) is 1.08. The number of rotatable bonds is 1. The molecule has 3 heteroatoms. The molecule has 0 aromatic carbocycles. The standard InChI is InChI=1S/C8H7Br2N/c9-6-3-4-7(10)11-8(6)5-1-2-5/h3-5H,1-2H2. The monoisotopic (exact) mass is 275 g/mol. The van der Waals surface area contributed by atoms with E-state index in [1.165, 1.54) is 18.5 Å². The van der Waals surface area contributed by atoms with E-state index >= 15 is 0 Å². The van der Waals surface area contributed by atoms with E-state index in [-0.39, 0.29) is 0 Å². The van der Waals surface area contributed by atoms with Gasteiger partial charge in [-0.1, -0.05) is 0 Å². The van der Waals surface area contributed by atoms with Crippen molar-refractivity contribution in [2.24, 2.45) is 0 Å². The molecule has 0 aliphatic heterocycles. The van der Waals surface area contributed by atoms with Crippen molar-refractivity contribution in [2.45, 2.75) is 18.8 Å². The zero-order valence-electron chi connectivity index (χ0n) is 5.85. The Morgan fingerprint density at radius 2 is 2.00 bits per heavy atom. The fraction of sp³-hybridized carbons (Fsp3) is 0.375. The second kappa shape index (κ2) is 2.87. The number of pyridine rings is 1. The van der Waals surface area contributed by atoms with Crippen LogP contribution in [0.4, 0.5) is 0 Å². The summed E-state index contributed by atoms with van der Waals surface area (Å²) >= 11 is 6.85. The second-order valence-electron chi connectivity index (χ2n) is 2.78. The number of hydrogen-bond donors (Lipinski definition) is 0. The number of aromatic nitrogens is 1. The lowest BCUT2D eigenvalue weighted by atomic mass is 10.2. The normalized spacial score (nSPS) is 16.9. The van der Waals surface area contributed by atoms with E-state index in [2.05, 4.69) is 36.8 Å². The summed E-state index contributed by atoms with van der Waals surface area (Å²) in [5.41, 5.74) is 1.21. The molecule has 1 aromatic heterocycles. The molecule has 1 aromatic rings. The molecule has 1 saturated carbocycles. The minimum atomic E-state index is 0.710. The third-order valence-electron chi connectivity index (χ3n) is 1.80. The molecule has 0 radical (unpaired) electrons. The Balaban J connectivity index is 2.42. The minimum Gasteiger partial charge on any atom is -0.244 e. The van der Waals surface area contributed by atoms with Crippen LogP contribution in [-0.2, 0) is 0 Å². The molecule has 0 bridgehead atoms. The molecule has 0 spiro atoms. The number of hydrogen-bond acceptors (Lipinski definition) is 1. The van der Waals surface area contributed by atoms with Crippen molar-refractivity contribution in [1.82, 2.24) is 4.98 Å². The van der Waals surface area contributed by atoms with Gasteiger partial charge in [-0.05, 0) is 56.8 Å². The first-order valence-corrected chi connectivity index (χ1v) is 5.18. The molecule has 0 N–H and O–H groups in total. The Morgan fingerprint density at radius 3 is 2.64 bits per heavy atom. The van der Waals surface area contributed by atoms with Crippen molar-refractivity contribution >= 4 is 31.9 Å². The van der Waals surface area contributed by atoms with Crippen LogP contribution in [0.3, 0.4) is 0 Å². The van der Waals surface area contributed by atoms with Crippen LogP contribution >= 0.6 is 31.9 Å². The summed E-state index contributed by atoms with van der Waals surface area (Å²) in [6.07, 6.45) is 2.59. The Kier molecular flexibility index (Phi) is 2.02. The molecule has 2 rings (SSSR count). The maximum Gasteiger partial charge on any atom is 0.106 e. The molecule has 1 aliphatic rings. The minimum absolute atomic E-state index is 0.710. The molecular formula is C8H7Br2N. The number of nitrogens with zero attached hydrogens (tertiary/aromatic N) is 1. The highest BCUT2D eigenvalue weighted by atomic mass is 79.9. The van der Waals surface area contributed by atoms with Gasteiger partial charge in [-0.3, -0.25) is 0 Å². The molecule has 1 nitrogen and oxygen atoms in total. The van der Waals surface area contributed by atoms with E-state index in [0.717, 1.165) is 9.08 Å². The topological polar surface area (TPSA) is 12.9 Å². The highest BCUT2D eigenvalue weighted by molar-refractivity contribution is 9.11. The first-order chi connectivity index (χ1) is 5.27. The molecule has 0 saturated heterocycles. The van der Waals surface area contributed by atoms with Gasteiger partial charge in [0, 0.05) is 10.4 Å². The second-order valence-corrected chi connectivity index (χ2v) is 4.44. The van der Waals surface area contributed by atoms with Gasteiger partial charge < -0.3 is 0 Å². The van der Waals surface area contributed by atoms with Crippen molar-refractivity contribution in [3.05, 3.63) is 26.9 Å². The summed E-state index contributed by atoms with van der Waals surface area (Å²) in [4.78, 5) is 4.40. The largest absolute Gasteiger partial charge is 0.244 e. The first kappa shape index (κ1) is 7.74. The molecule has 1 fully saturated rings. The number of halogens is 2.